The standard InChI is InChI=1S/C27H27ClN4O4S/c28-19-8-11-23(29-15-19)31-27(35)25-21(14-22(37-25)17-4-2-1-3-5-17)30-26(34)18-6-9-20(10-7-18)32-12-13-36-16-24(32)33/h1-5,8,11,14-15,18,20H,6-7,9-10,12-13,16H2,(H,30,34)(H,29,31,35)/t18-,20-. The molecule has 2 aromatic heterocycles. The average molecular weight is 539 g/mol. The number of thiophene rings is 1. The van der Waals surface area contributed by atoms with Gasteiger partial charge < -0.3 is 20.3 Å². The topological polar surface area (TPSA) is 101 Å². The molecule has 1 saturated heterocycles. The fourth-order valence-electron chi connectivity index (χ4n) is 4.82. The van der Waals surface area contributed by atoms with Gasteiger partial charge in [0, 0.05) is 29.6 Å². The number of nitrogens with zero attached hydrogens (tertiary/aromatic N) is 2. The molecule has 1 aromatic carbocycles. The van der Waals surface area contributed by atoms with Crippen molar-refractivity contribution in [1.29, 1.82) is 0 Å². The largest absolute Gasteiger partial charge is 0.370 e. The highest BCUT2D eigenvalue weighted by Gasteiger charge is 2.33. The third-order valence-corrected chi connectivity index (χ3v) is 8.16. The Balaban J connectivity index is 1.30. The number of pyridine rings is 1. The molecule has 0 bridgehead atoms. The van der Waals surface area contributed by atoms with Gasteiger partial charge in [-0.3, -0.25) is 14.4 Å². The number of hydrogen-bond donors (Lipinski definition) is 2. The molecule has 0 unspecified atom stereocenters. The first-order valence-corrected chi connectivity index (χ1v) is 13.5. The monoisotopic (exact) mass is 538 g/mol. The van der Waals surface area contributed by atoms with Crippen molar-refractivity contribution in [3.63, 3.8) is 0 Å². The summed E-state index contributed by atoms with van der Waals surface area (Å²) >= 11 is 7.22. The third-order valence-electron chi connectivity index (χ3n) is 6.75. The minimum atomic E-state index is -0.355. The number of halogens is 1. The first kappa shape index (κ1) is 25.4. The molecular weight excluding hydrogens is 512 g/mol. The van der Waals surface area contributed by atoms with Crippen molar-refractivity contribution in [2.45, 2.75) is 31.7 Å². The van der Waals surface area contributed by atoms with Gasteiger partial charge >= 0.3 is 0 Å². The summed E-state index contributed by atoms with van der Waals surface area (Å²) in [4.78, 5) is 46.0. The number of carbonyl (C=O) groups is 3. The molecule has 3 aromatic rings. The molecule has 0 atom stereocenters. The number of nitrogens with one attached hydrogen (secondary N) is 2. The number of aromatic nitrogens is 1. The summed E-state index contributed by atoms with van der Waals surface area (Å²) in [6.07, 6.45) is 4.39. The van der Waals surface area contributed by atoms with Gasteiger partial charge in [-0.1, -0.05) is 41.9 Å². The van der Waals surface area contributed by atoms with Crippen LogP contribution < -0.4 is 10.6 Å². The lowest BCUT2D eigenvalue weighted by Crippen LogP contribution is -2.49. The van der Waals surface area contributed by atoms with Crippen molar-refractivity contribution in [3.8, 4) is 10.4 Å². The van der Waals surface area contributed by atoms with Gasteiger partial charge in [0.05, 0.1) is 17.3 Å². The molecule has 3 amide bonds. The number of anilines is 2. The summed E-state index contributed by atoms with van der Waals surface area (Å²) in [7, 11) is 0. The molecule has 3 heterocycles. The van der Waals surface area contributed by atoms with Gasteiger partial charge in [0.2, 0.25) is 11.8 Å². The van der Waals surface area contributed by atoms with Gasteiger partial charge in [-0.05, 0) is 49.4 Å². The third kappa shape index (κ3) is 6.01. The molecule has 192 valence electrons. The fraction of sp³-hybridized carbons (Fsp3) is 0.333. The molecule has 5 rings (SSSR count). The summed E-state index contributed by atoms with van der Waals surface area (Å²) in [6.45, 7) is 1.31. The Bertz CT molecular complexity index is 1270. The minimum absolute atomic E-state index is 0.0247. The van der Waals surface area contributed by atoms with Gasteiger partial charge in [-0.2, -0.15) is 0 Å². The van der Waals surface area contributed by atoms with Crippen LogP contribution in [0, 0.1) is 5.92 Å². The molecular formula is C27H27ClN4O4S. The van der Waals surface area contributed by atoms with Crippen molar-refractivity contribution < 1.29 is 19.1 Å². The van der Waals surface area contributed by atoms with Crippen molar-refractivity contribution in [2.75, 3.05) is 30.4 Å². The predicted octanol–water partition coefficient (Wildman–Crippen LogP) is 5.07. The number of morpholine rings is 1. The molecule has 8 nitrogen and oxygen atoms in total. The number of ether oxygens (including phenoxy) is 1. The fourth-order valence-corrected chi connectivity index (χ4v) is 5.95. The summed E-state index contributed by atoms with van der Waals surface area (Å²) < 4.78 is 5.24. The van der Waals surface area contributed by atoms with Crippen molar-refractivity contribution in [2.24, 2.45) is 5.92 Å². The molecule has 1 aliphatic heterocycles. The quantitative estimate of drug-likeness (QED) is 0.456. The normalized spacial score (nSPS) is 19.9. The molecule has 37 heavy (non-hydrogen) atoms. The molecule has 2 fully saturated rings. The van der Waals surface area contributed by atoms with Crippen molar-refractivity contribution in [3.05, 3.63) is 64.6 Å². The molecule has 0 spiro atoms. The van der Waals surface area contributed by atoms with Gasteiger partial charge in [-0.25, -0.2) is 4.98 Å². The summed E-state index contributed by atoms with van der Waals surface area (Å²) in [6, 6.07) is 15.0. The Kier molecular flexibility index (Phi) is 7.83. The second kappa shape index (κ2) is 11.4. The zero-order valence-electron chi connectivity index (χ0n) is 20.1. The van der Waals surface area contributed by atoms with Crippen LogP contribution in [0.15, 0.2) is 54.7 Å². The highest BCUT2D eigenvalue weighted by Crippen LogP contribution is 2.36. The Morgan fingerprint density at radius 1 is 1.05 bits per heavy atom. The first-order valence-electron chi connectivity index (χ1n) is 12.3. The molecule has 0 radical (unpaired) electrons. The van der Waals surface area contributed by atoms with Crippen molar-refractivity contribution >= 4 is 52.2 Å². The van der Waals surface area contributed by atoms with Crippen molar-refractivity contribution in [1.82, 2.24) is 9.88 Å². The number of rotatable bonds is 6. The second-order valence-electron chi connectivity index (χ2n) is 9.17. The van der Waals surface area contributed by atoms with Crippen LogP contribution in [-0.4, -0.2) is 53.4 Å². The van der Waals surface area contributed by atoms with E-state index >= 15 is 0 Å². The Morgan fingerprint density at radius 2 is 1.84 bits per heavy atom. The Morgan fingerprint density at radius 3 is 2.54 bits per heavy atom. The number of carbonyl (C=O) groups excluding carboxylic acids is 3. The van der Waals surface area contributed by atoms with E-state index in [9.17, 15) is 14.4 Å². The lowest BCUT2D eigenvalue weighted by molar-refractivity contribution is -0.146. The summed E-state index contributed by atoms with van der Waals surface area (Å²) in [5, 5.41) is 6.28. The van der Waals surface area contributed by atoms with E-state index in [-0.39, 0.29) is 36.3 Å². The van der Waals surface area contributed by atoms with E-state index in [4.69, 9.17) is 16.3 Å². The van der Waals surface area contributed by atoms with Crippen LogP contribution in [0.2, 0.25) is 5.02 Å². The van der Waals surface area contributed by atoms with E-state index in [0.29, 0.717) is 47.4 Å². The zero-order chi connectivity index (χ0) is 25.8. The van der Waals surface area contributed by atoms with E-state index < -0.39 is 0 Å². The maximum Gasteiger partial charge on any atom is 0.269 e. The summed E-state index contributed by atoms with van der Waals surface area (Å²) in [5.74, 6) is -0.245. The minimum Gasteiger partial charge on any atom is -0.370 e. The first-order chi connectivity index (χ1) is 18.0. The van der Waals surface area contributed by atoms with Crippen LogP contribution in [0.4, 0.5) is 11.5 Å². The van der Waals surface area contributed by atoms with Crippen LogP contribution in [-0.2, 0) is 14.3 Å². The van der Waals surface area contributed by atoms with Gasteiger partial charge in [0.15, 0.2) is 0 Å². The maximum atomic E-state index is 13.3. The van der Waals surface area contributed by atoms with Crippen LogP contribution >= 0.6 is 22.9 Å². The van der Waals surface area contributed by atoms with E-state index in [1.807, 2.05) is 41.3 Å². The SMILES string of the molecule is O=C(Nc1ccc(Cl)cn1)c1sc(-c2ccccc2)cc1NC(=O)[C@H]1CC[C@H](N2CCOCC2=O)CC1. The van der Waals surface area contributed by atoms with E-state index in [1.54, 1.807) is 12.1 Å². The lowest BCUT2D eigenvalue weighted by Gasteiger charge is -2.38. The maximum absolute atomic E-state index is 13.3. The molecule has 1 saturated carbocycles. The van der Waals surface area contributed by atoms with Crippen LogP contribution in [0.3, 0.4) is 0 Å². The second-order valence-corrected chi connectivity index (χ2v) is 10.7. The van der Waals surface area contributed by atoms with E-state index in [2.05, 4.69) is 15.6 Å². The van der Waals surface area contributed by atoms with Gasteiger partial charge in [0.25, 0.3) is 5.91 Å². The Labute approximate surface area is 224 Å². The number of hydrogen-bond acceptors (Lipinski definition) is 6. The molecule has 2 aliphatic rings. The number of benzene rings is 1. The highest BCUT2D eigenvalue weighted by molar-refractivity contribution is 7.18. The highest BCUT2D eigenvalue weighted by atomic mass is 35.5. The molecule has 2 N–H and O–H groups in total. The number of amides is 3. The average Bonchev–Trinajstić information content (AvgIpc) is 3.35. The van der Waals surface area contributed by atoms with Crippen LogP contribution in [0.25, 0.3) is 10.4 Å². The van der Waals surface area contributed by atoms with Gasteiger partial charge in [0.1, 0.15) is 17.3 Å². The molecule has 10 heteroatoms. The Hall–Kier alpha value is -3.27. The smallest absolute Gasteiger partial charge is 0.269 e. The van der Waals surface area contributed by atoms with Crippen LogP contribution in [0.5, 0.6) is 0 Å². The molecule has 1 aliphatic carbocycles. The summed E-state index contributed by atoms with van der Waals surface area (Å²) in [5.41, 5.74) is 1.44. The van der Waals surface area contributed by atoms with E-state index in [1.165, 1.54) is 17.5 Å². The van der Waals surface area contributed by atoms with Gasteiger partial charge in [-0.15, -0.1) is 11.3 Å². The zero-order valence-corrected chi connectivity index (χ0v) is 21.7. The van der Waals surface area contributed by atoms with Crippen LogP contribution in [0.1, 0.15) is 35.4 Å². The van der Waals surface area contributed by atoms with E-state index in [0.717, 1.165) is 23.3 Å². The predicted molar refractivity (Wildman–Crippen MR) is 144 cm³/mol. The lowest BCUT2D eigenvalue weighted by atomic mass is 9.84.